The Hall–Kier alpha value is -2.87. The van der Waals surface area contributed by atoms with Crippen LogP contribution in [-0.2, 0) is 16.1 Å². The number of nitrogens with zero attached hydrogens (tertiary/aromatic N) is 2. The van der Waals surface area contributed by atoms with E-state index in [0.29, 0.717) is 19.5 Å². The van der Waals surface area contributed by atoms with Gasteiger partial charge >= 0.3 is 0 Å². The van der Waals surface area contributed by atoms with E-state index in [1.54, 1.807) is 23.4 Å². The largest absolute Gasteiger partial charge is 0.351 e. The molecule has 148 valence electrons. The van der Waals surface area contributed by atoms with E-state index in [9.17, 15) is 18.4 Å². The number of pyridine rings is 1. The highest BCUT2D eigenvalue weighted by Gasteiger charge is 2.30. The first-order chi connectivity index (χ1) is 13.5. The van der Waals surface area contributed by atoms with Gasteiger partial charge in [-0.1, -0.05) is 12.5 Å². The van der Waals surface area contributed by atoms with Gasteiger partial charge in [-0.2, -0.15) is 0 Å². The molecule has 0 radical (unpaired) electrons. The van der Waals surface area contributed by atoms with Crippen LogP contribution in [0.2, 0.25) is 0 Å². The van der Waals surface area contributed by atoms with Gasteiger partial charge in [0.1, 0.15) is 11.6 Å². The molecule has 2 N–H and O–H groups in total. The lowest BCUT2D eigenvalue weighted by Crippen LogP contribution is -2.50. The van der Waals surface area contributed by atoms with E-state index in [-0.39, 0.29) is 24.0 Å². The molecule has 2 amide bonds. The number of rotatable bonds is 6. The monoisotopic (exact) mass is 388 g/mol. The van der Waals surface area contributed by atoms with E-state index in [1.807, 2.05) is 6.07 Å². The highest BCUT2D eigenvalue weighted by atomic mass is 19.1. The molecule has 6 nitrogen and oxygen atoms in total. The SMILES string of the molecule is O=C(CN1CCCC[C@@H]1C(=O)Nc1cc(F)cc(F)c1)NCc1cccnc1. The lowest BCUT2D eigenvalue weighted by molar-refractivity contribution is -0.127. The Balaban J connectivity index is 1.58. The number of benzene rings is 1. The van der Waals surface area contributed by atoms with Crippen molar-refractivity contribution in [3.63, 3.8) is 0 Å². The van der Waals surface area contributed by atoms with Crippen LogP contribution in [0.4, 0.5) is 14.5 Å². The van der Waals surface area contributed by atoms with Gasteiger partial charge in [0.05, 0.1) is 12.6 Å². The average Bonchev–Trinajstić information content (AvgIpc) is 2.67. The van der Waals surface area contributed by atoms with Gasteiger partial charge < -0.3 is 10.6 Å². The molecule has 1 fully saturated rings. The Morgan fingerprint density at radius 3 is 2.68 bits per heavy atom. The van der Waals surface area contributed by atoms with Crippen molar-refractivity contribution in [2.75, 3.05) is 18.4 Å². The third-order valence-electron chi connectivity index (χ3n) is 4.61. The number of aromatic nitrogens is 1. The first-order valence-electron chi connectivity index (χ1n) is 9.18. The molecule has 28 heavy (non-hydrogen) atoms. The van der Waals surface area contributed by atoms with Crippen LogP contribution in [0, 0.1) is 11.6 Å². The predicted molar refractivity (Wildman–Crippen MR) is 100 cm³/mol. The standard InChI is InChI=1S/C20H22F2N4O2/c21-15-8-16(22)10-17(9-15)25-20(28)18-5-1-2-7-26(18)13-19(27)24-12-14-4-3-6-23-11-14/h3-4,6,8-11,18H,1-2,5,7,12-13H2,(H,24,27)(H,25,28)/t18-/m1/s1. The van der Waals surface area contributed by atoms with Crippen molar-refractivity contribution in [3.8, 4) is 0 Å². The number of piperidine rings is 1. The molecule has 0 spiro atoms. The number of hydrogen-bond donors (Lipinski definition) is 2. The molecule has 2 heterocycles. The molecule has 1 atom stereocenters. The van der Waals surface area contributed by atoms with Crippen LogP contribution < -0.4 is 10.6 Å². The Morgan fingerprint density at radius 1 is 1.18 bits per heavy atom. The maximum absolute atomic E-state index is 13.3. The highest BCUT2D eigenvalue weighted by molar-refractivity contribution is 5.95. The van der Waals surface area contributed by atoms with Crippen molar-refractivity contribution in [1.29, 1.82) is 0 Å². The molecule has 1 aliphatic rings. The quantitative estimate of drug-likeness (QED) is 0.797. The number of amides is 2. The first-order valence-corrected chi connectivity index (χ1v) is 9.18. The second-order valence-corrected chi connectivity index (χ2v) is 6.77. The Labute approximate surface area is 162 Å². The summed E-state index contributed by atoms with van der Waals surface area (Å²) < 4.78 is 26.7. The summed E-state index contributed by atoms with van der Waals surface area (Å²) in [7, 11) is 0. The maximum Gasteiger partial charge on any atom is 0.241 e. The van der Waals surface area contributed by atoms with Gasteiger partial charge in [-0.25, -0.2) is 8.78 Å². The van der Waals surface area contributed by atoms with E-state index < -0.39 is 17.7 Å². The normalized spacial score (nSPS) is 17.1. The fraction of sp³-hybridized carbons (Fsp3) is 0.350. The van der Waals surface area contributed by atoms with E-state index in [1.165, 1.54) is 0 Å². The summed E-state index contributed by atoms with van der Waals surface area (Å²) in [5, 5.41) is 5.37. The predicted octanol–water partition coefficient (Wildman–Crippen LogP) is 2.47. The second kappa shape index (κ2) is 9.36. The van der Waals surface area contributed by atoms with E-state index in [2.05, 4.69) is 15.6 Å². The maximum atomic E-state index is 13.3. The van der Waals surface area contributed by atoms with Gasteiger partial charge in [0.25, 0.3) is 0 Å². The zero-order valence-corrected chi connectivity index (χ0v) is 15.3. The fourth-order valence-corrected chi connectivity index (χ4v) is 3.27. The third kappa shape index (κ3) is 5.56. The van der Waals surface area contributed by atoms with E-state index >= 15 is 0 Å². The van der Waals surface area contributed by atoms with E-state index in [0.717, 1.165) is 36.6 Å². The van der Waals surface area contributed by atoms with Crippen molar-refractivity contribution < 1.29 is 18.4 Å². The Kier molecular flexibility index (Phi) is 6.65. The van der Waals surface area contributed by atoms with Crippen LogP contribution in [0.1, 0.15) is 24.8 Å². The van der Waals surface area contributed by atoms with Crippen molar-refractivity contribution >= 4 is 17.5 Å². The smallest absolute Gasteiger partial charge is 0.241 e. The lowest BCUT2D eigenvalue weighted by Gasteiger charge is -2.34. The molecular formula is C20H22F2N4O2. The zero-order chi connectivity index (χ0) is 19.9. The van der Waals surface area contributed by atoms with Gasteiger partial charge in [0, 0.05) is 30.7 Å². The van der Waals surface area contributed by atoms with Crippen LogP contribution in [0.15, 0.2) is 42.7 Å². The molecule has 0 saturated carbocycles. The molecule has 0 bridgehead atoms. The minimum atomic E-state index is -0.759. The minimum absolute atomic E-state index is 0.0639. The van der Waals surface area contributed by atoms with Gasteiger partial charge in [-0.3, -0.25) is 19.5 Å². The summed E-state index contributed by atoms with van der Waals surface area (Å²) in [6.45, 7) is 1.05. The van der Waals surface area contributed by atoms with Gasteiger partial charge in [0.2, 0.25) is 11.8 Å². The fourth-order valence-electron chi connectivity index (χ4n) is 3.27. The molecule has 0 aliphatic carbocycles. The third-order valence-corrected chi connectivity index (χ3v) is 4.61. The van der Waals surface area contributed by atoms with Crippen LogP contribution in [0.3, 0.4) is 0 Å². The number of carbonyl (C=O) groups excluding carboxylic acids is 2. The molecule has 1 aromatic heterocycles. The summed E-state index contributed by atoms with van der Waals surface area (Å²) in [6.07, 6.45) is 5.65. The first kappa shape index (κ1) is 19.9. The Bertz CT molecular complexity index is 812. The molecule has 1 aliphatic heterocycles. The van der Waals surface area contributed by atoms with Crippen molar-refractivity contribution in [1.82, 2.24) is 15.2 Å². The van der Waals surface area contributed by atoms with Crippen LogP contribution in [0.25, 0.3) is 0 Å². The average molecular weight is 388 g/mol. The Morgan fingerprint density at radius 2 is 1.96 bits per heavy atom. The number of hydrogen-bond acceptors (Lipinski definition) is 4. The minimum Gasteiger partial charge on any atom is -0.351 e. The number of nitrogens with one attached hydrogen (secondary N) is 2. The number of carbonyl (C=O) groups is 2. The topological polar surface area (TPSA) is 74.3 Å². The summed E-state index contributed by atoms with van der Waals surface area (Å²) in [6, 6.07) is 6.01. The van der Waals surface area contributed by atoms with Crippen molar-refractivity contribution in [3.05, 3.63) is 59.9 Å². The molecular weight excluding hydrogens is 366 g/mol. The van der Waals surface area contributed by atoms with Crippen LogP contribution in [-0.4, -0.2) is 40.8 Å². The summed E-state index contributed by atoms with van der Waals surface area (Å²) in [4.78, 5) is 30.7. The number of likely N-dealkylation sites (tertiary alicyclic amines) is 1. The van der Waals surface area contributed by atoms with Crippen LogP contribution >= 0.6 is 0 Å². The van der Waals surface area contributed by atoms with Gasteiger partial charge in [0.15, 0.2) is 0 Å². The highest BCUT2D eigenvalue weighted by Crippen LogP contribution is 2.20. The van der Waals surface area contributed by atoms with Gasteiger partial charge in [-0.05, 0) is 43.1 Å². The lowest BCUT2D eigenvalue weighted by atomic mass is 10.0. The second-order valence-electron chi connectivity index (χ2n) is 6.77. The molecule has 2 aromatic rings. The number of halogens is 2. The van der Waals surface area contributed by atoms with Crippen LogP contribution in [0.5, 0.6) is 0 Å². The van der Waals surface area contributed by atoms with Gasteiger partial charge in [-0.15, -0.1) is 0 Å². The molecule has 8 heteroatoms. The zero-order valence-electron chi connectivity index (χ0n) is 15.3. The van der Waals surface area contributed by atoms with Crippen molar-refractivity contribution in [2.24, 2.45) is 0 Å². The summed E-state index contributed by atoms with van der Waals surface area (Å²) >= 11 is 0. The van der Waals surface area contributed by atoms with E-state index in [4.69, 9.17) is 0 Å². The molecule has 3 rings (SSSR count). The molecule has 0 unspecified atom stereocenters. The summed E-state index contributed by atoms with van der Waals surface area (Å²) in [5.74, 6) is -2.08. The molecule has 1 saturated heterocycles. The summed E-state index contributed by atoms with van der Waals surface area (Å²) in [5.41, 5.74) is 0.950. The van der Waals surface area contributed by atoms with Crippen molar-refractivity contribution in [2.45, 2.75) is 31.8 Å². The number of anilines is 1. The molecule has 1 aromatic carbocycles.